The highest BCUT2D eigenvalue weighted by atomic mass is 32.2. The Labute approximate surface area is 320 Å². The minimum Gasteiger partial charge on any atom is -0.376 e. The fourth-order valence-electron chi connectivity index (χ4n) is 6.21. The number of imidazole rings is 1. The molecule has 3 aromatic rings. The van der Waals surface area contributed by atoms with Crippen LogP contribution in [0.3, 0.4) is 0 Å². The second-order valence-electron chi connectivity index (χ2n) is 17.1. The van der Waals surface area contributed by atoms with Crippen molar-refractivity contribution in [2.45, 2.75) is 127 Å². The number of nitrogens with one attached hydrogen (secondary N) is 2. The van der Waals surface area contributed by atoms with E-state index in [0.717, 1.165) is 37.2 Å². The summed E-state index contributed by atoms with van der Waals surface area (Å²) in [6, 6.07) is 11.6. The lowest BCUT2D eigenvalue weighted by molar-refractivity contribution is -0.0258. The van der Waals surface area contributed by atoms with Crippen LogP contribution < -0.4 is 10.0 Å². The van der Waals surface area contributed by atoms with Gasteiger partial charge in [0, 0.05) is 14.7 Å². The first-order valence-electron chi connectivity index (χ1n) is 19.0. The van der Waals surface area contributed by atoms with Crippen LogP contribution >= 0.6 is 0 Å². The monoisotopic (exact) mass is 787 g/mol. The quantitative estimate of drug-likeness (QED) is 0.0733. The summed E-state index contributed by atoms with van der Waals surface area (Å²) in [6.07, 6.45) is 3.67. The molecule has 2 heterocycles. The molecule has 2 N–H and O–H groups in total. The van der Waals surface area contributed by atoms with Crippen LogP contribution in [0, 0.1) is 0 Å². The number of hydrogen-bond acceptors (Lipinski definition) is 8. The average Bonchev–Trinajstić information content (AvgIpc) is 4.04. The van der Waals surface area contributed by atoms with Gasteiger partial charge in [0.2, 0.25) is 0 Å². The van der Waals surface area contributed by atoms with Gasteiger partial charge in [-0.2, -0.15) is 0 Å². The van der Waals surface area contributed by atoms with Crippen LogP contribution in [0.15, 0.2) is 42.5 Å². The Balaban J connectivity index is 1.27. The molecule has 11 nitrogen and oxygen atoms in total. The maximum atomic E-state index is 15.6. The highest BCUT2D eigenvalue weighted by Crippen LogP contribution is 2.34. The predicted octanol–water partition coefficient (Wildman–Crippen LogP) is 6.75. The summed E-state index contributed by atoms with van der Waals surface area (Å²) in [4.78, 5) is 31.4. The van der Waals surface area contributed by atoms with Crippen LogP contribution in [-0.4, -0.2) is 93.8 Å². The number of rotatable bonds is 20. The molecule has 0 unspecified atom stereocenters. The molecule has 3 aliphatic rings. The van der Waals surface area contributed by atoms with Gasteiger partial charge in [-0.3, -0.25) is 14.5 Å². The van der Waals surface area contributed by atoms with Gasteiger partial charge in [-0.05, 0) is 89.3 Å². The van der Waals surface area contributed by atoms with Gasteiger partial charge in [0.05, 0.1) is 81.9 Å². The van der Waals surface area contributed by atoms with Crippen LogP contribution in [0.5, 0.6) is 0 Å². The van der Waals surface area contributed by atoms with Crippen molar-refractivity contribution in [2.75, 3.05) is 26.3 Å². The zero-order valence-corrected chi connectivity index (χ0v) is 34.3. The summed E-state index contributed by atoms with van der Waals surface area (Å²) in [6.45, 7) is 13.7. The fourth-order valence-corrected chi connectivity index (χ4v) is 7.85. The zero-order chi connectivity index (χ0) is 39.0. The number of carbonyl (C=O) groups is 2. The van der Waals surface area contributed by atoms with E-state index in [4.69, 9.17) is 19.2 Å². The number of imide groups is 1. The topological polar surface area (TPSA) is 124 Å². The van der Waals surface area contributed by atoms with Crippen molar-refractivity contribution < 1.29 is 36.8 Å². The maximum Gasteiger partial charge on any atom is 0.278 e. The van der Waals surface area contributed by atoms with Crippen molar-refractivity contribution in [3.8, 4) is 0 Å². The van der Waals surface area contributed by atoms with Crippen molar-refractivity contribution >= 4 is 41.9 Å². The standard InChI is InChI=1S/C39H55F2N5O6SSi/c1-25(52-28-15-16-28)34(44-53(49)38(2,3)4)35-43-31-20-26(12-17-33(31)46(35)24-50-18-19-54(5,6)7)32(21-51-27-13-14-27)42-22-39(40,41)23-45-36(47)29-10-8-9-11-30(29)37(45)48/h8-12,17,20,25,27-28,32,34,42,44H,13-16,18-19,21-24H2,1-7H3/t25-,32-,34+,53-/m1/s1. The number of benzene rings is 2. The molecule has 2 saturated carbocycles. The first kappa shape index (κ1) is 40.7. The third-order valence-corrected chi connectivity index (χ3v) is 13.1. The third kappa shape index (κ3) is 10.3. The summed E-state index contributed by atoms with van der Waals surface area (Å²) >= 11 is 0. The number of carbonyl (C=O) groups excluding carboxylic acids is 2. The second-order valence-corrected chi connectivity index (χ2v) is 24.7. The van der Waals surface area contributed by atoms with Gasteiger partial charge < -0.3 is 24.1 Å². The Morgan fingerprint density at radius 2 is 1.65 bits per heavy atom. The molecule has 296 valence electrons. The van der Waals surface area contributed by atoms with E-state index in [2.05, 4.69) is 29.7 Å². The summed E-state index contributed by atoms with van der Waals surface area (Å²) in [7, 11) is -2.79. The fraction of sp³-hybridized carbons (Fsp3) is 0.615. The van der Waals surface area contributed by atoms with Crippen LogP contribution in [-0.2, 0) is 31.9 Å². The summed E-state index contributed by atoms with van der Waals surface area (Å²) in [5.74, 6) is -4.24. The lowest BCUT2D eigenvalue weighted by Gasteiger charge is -2.28. The molecule has 0 spiro atoms. The molecule has 6 rings (SSSR count). The highest BCUT2D eigenvalue weighted by molar-refractivity contribution is 7.84. The average molecular weight is 788 g/mol. The first-order valence-corrected chi connectivity index (χ1v) is 23.9. The Morgan fingerprint density at radius 3 is 2.24 bits per heavy atom. The van der Waals surface area contributed by atoms with E-state index in [-0.39, 0.29) is 42.8 Å². The Kier molecular flexibility index (Phi) is 12.3. The number of halogens is 2. The maximum absolute atomic E-state index is 15.6. The molecule has 2 amide bonds. The number of ether oxygens (including phenoxy) is 3. The Bertz CT molecular complexity index is 1820. The van der Waals surface area contributed by atoms with Crippen molar-refractivity contribution in [3.05, 3.63) is 65.0 Å². The molecule has 1 aliphatic heterocycles. The number of alkyl halides is 2. The van der Waals surface area contributed by atoms with E-state index in [1.807, 2.05) is 50.5 Å². The van der Waals surface area contributed by atoms with Gasteiger partial charge in [0.25, 0.3) is 17.7 Å². The summed E-state index contributed by atoms with van der Waals surface area (Å²) in [5.41, 5.74) is 2.36. The number of aromatic nitrogens is 2. The lowest BCUT2D eigenvalue weighted by atomic mass is 10.1. The van der Waals surface area contributed by atoms with Gasteiger partial charge in [0.15, 0.2) is 0 Å². The number of hydrogen-bond donors (Lipinski definition) is 2. The van der Waals surface area contributed by atoms with Crippen LogP contribution in [0.25, 0.3) is 11.0 Å². The predicted molar refractivity (Wildman–Crippen MR) is 208 cm³/mol. The largest absolute Gasteiger partial charge is 0.376 e. The van der Waals surface area contributed by atoms with Crippen molar-refractivity contribution in [1.82, 2.24) is 24.5 Å². The van der Waals surface area contributed by atoms with Gasteiger partial charge in [-0.1, -0.05) is 37.8 Å². The van der Waals surface area contributed by atoms with Crippen molar-refractivity contribution in [1.29, 1.82) is 0 Å². The second kappa shape index (κ2) is 16.3. The smallest absolute Gasteiger partial charge is 0.278 e. The van der Waals surface area contributed by atoms with Gasteiger partial charge in [-0.25, -0.2) is 22.7 Å². The molecule has 2 aliphatic carbocycles. The molecule has 0 saturated heterocycles. The van der Waals surface area contributed by atoms with E-state index < -0.39 is 66.7 Å². The Hall–Kier alpha value is -2.92. The lowest BCUT2D eigenvalue weighted by Crippen LogP contribution is -2.46. The number of fused-ring (bicyclic) bond motifs is 2. The molecule has 4 atom stereocenters. The molecule has 54 heavy (non-hydrogen) atoms. The normalized spacial score (nSPS) is 19.0. The van der Waals surface area contributed by atoms with Crippen LogP contribution in [0.2, 0.25) is 25.7 Å². The minimum atomic E-state index is -3.42. The molecule has 2 aromatic carbocycles. The SMILES string of the molecule is C[C@@H](OC1CC1)[C@H](N[S@](=O)C(C)(C)C)c1nc2cc([C@@H](COC3CC3)NCC(F)(F)CN3C(=O)c4ccccc4C3=O)ccc2n1COCC[Si](C)(C)C. The minimum absolute atomic E-state index is 0.0829. The van der Waals surface area contributed by atoms with Crippen molar-refractivity contribution in [3.63, 3.8) is 0 Å². The molecular formula is C39H55F2N5O6SSi. The Morgan fingerprint density at radius 1 is 1.00 bits per heavy atom. The van der Waals surface area contributed by atoms with E-state index in [0.29, 0.717) is 28.4 Å². The van der Waals surface area contributed by atoms with E-state index in [9.17, 15) is 13.8 Å². The van der Waals surface area contributed by atoms with Crippen LogP contribution in [0.4, 0.5) is 8.78 Å². The summed E-state index contributed by atoms with van der Waals surface area (Å²) in [5, 5.41) is 2.99. The summed E-state index contributed by atoms with van der Waals surface area (Å²) < 4.78 is 68.1. The highest BCUT2D eigenvalue weighted by Gasteiger charge is 2.43. The van der Waals surface area contributed by atoms with Gasteiger partial charge >= 0.3 is 0 Å². The van der Waals surface area contributed by atoms with E-state index >= 15 is 8.78 Å². The molecule has 1 aromatic heterocycles. The van der Waals surface area contributed by atoms with E-state index in [1.165, 1.54) is 12.1 Å². The van der Waals surface area contributed by atoms with E-state index in [1.54, 1.807) is 12.1 Å². The van der Waals surface area contributed by atoms with Crippen molar-refractivity contribution in [2.24, 2.45) is 0 Å². The molecule has 0 radical (unpaired) electrons. The third-order valence-electron chi connectivity index (χ3n) is 9.79. The van der Waals surface area contributed by atoms with Crippen LogP contribution in [0.1, 0.15) is 97.6 Å². The zero-order valence-electron chi connectivity index (χ0n) is 32.5. The van der Waals surface area contributed by atoms with Gasteiger partial charge in [-0.15, -0.1) is 0 Å². The number of amides is 2. The molecule has 15 heteroatoms. The molecule has 2 fully saturated rings. The molecular weight excluding hydrogens is 733 g/mol. The first-order chi connectivity index (χ1) is 25.4. The number of nitrogens with zero attached hydrogens (tertiary/aromatic N) is 3. The van der Waals surface area contributed by atoms with Gasteiger partial charge in [0.1, 0.15) is 18.6 Å². The molecule has 0 bridgehead atoms.